The van der Waals surface area contributed by atoms with Gasteiger partial charge in [0.05, 0.1) is 22.6 Å². The summed E-state index contributed by atoms with van der Waals surface area (Å²) >= 11 is 0. The van der Waals surface area contributed by atoms with E-state index >= 15 is 0 Å². The Morgan fingerprint density at radius 1 is 1.12 bits per heavy atom. The number of nitrogens with one attached hydrogen (secondary N) is 1. The number of nitrogens with zero attached hydrogens (tertiary/aromatic N) is 3. The molecule has 1 saturated heterocycles. The van der Waals surface area contributed by atoms with E-state index in [1.165, 1.54) is 12.1 Å². The van der Waals surface area contributed by atoms with Crippen LogP contribution in [0.4, 0.5) is 24.8 Å². The standard InChI is InChI=1S/C18H19F3N4O/c1-11-15(12(2)23-17(22-11)25-8-3-4-9-25)24-16(26)13-6-5-7-14(10-13)18(19,20)21/h5-7,10H,3-4,8-9H2,1-2H3,(H,24,26). The van der Waals surface area contributed by atoms with Crippen LogP contribution >= 0.6 is 0 Å². The minimum absolute atomic E-state index is 0.0674. The second-order valence-electron chi connectivity index (χ2n) is 6.30. The van der Waals surface area contributed by atoms with Crippen LogP contribution in [0.2, 0.25) is 0 Å². The van der Waals surface area contributed by atoms with E-state index < -0.39 is 17.6 Å². The van der Waals surface area contributed by atoms with Crippen molar-refractivity contribution in [1.29, 1.82) is 0 Å². The minimum atomic E-state index is -4.50. The number of anilines is 2. The van der Waals surface area contributed by atoms with Crippen molar-refractivity contribution in [3.05, 3.63) is 46.8 Å². The predicted molar refractivity (Wildman–Crippen MR) is 92.4 cm³/mol. The van der Waals surface area contributed by atoms with Crippen molar-refractivity contribution in [2.45, 2.75) is 32.9 Å². The van der Waals surface area contributed by atoms with Gasteiger partial charge in [-0.2, -0.15) is 13.2 Å². The molecule has 1 aromatic carbocycles. The molecule has 1 aliphatic heterocycles. The summed E-state index contributed by atoms with van der Waals surface area (Å²) in [6.07, 6.45) is -2.31. The highest BCUT2D eigenvalue weighted by atomic mass is 19.4. The van der Waals surface area contributed by atoms with E-state index in [0.29, 0.717) is 23.0 Å². The van der Waals surface area contributed by atoms with Gasteiger partial charge in [-0.1, -0.05) is 6.07 Å². The van der Waals surface area contributed by atoms with Gasteiger partial charge in [-0.25, -0.2) is 9.97 Å². The van der Waals surface area contributed by atoms with E-state index in [9.17, 15) is 18.0 Å². The Bertz CT molecular complexity index is 806. The number of carbonyl (C=O) groups is 1. The molecular weight excluding hydrogens is 345 g/mol. The molecule has 2 aromatic rings. The number of benzene rings is 1. The van der Waals surface area contributed by atoms with Crippen molar-refractivity contribution in [3.63, 3.8) is 0 Å². The van der Waals surface area contributed by atoms with Crippen LogP contribution in [0.25, 0.3) is 0 Å². The van der Waals surface area contributed by atoms with Gasteiger partial charge in [-0.05, 0) is 44.9 Å². The van der Waals surface area contributed by atoms with Crippen molar-refractivity contribution in [3.8, 4) is 0 Å². The number of carbonyl (C=O) groups excluding carboxylic acids is 1. The summed E-state index contributed by atoms with van der Waals surface area (Å²) in [5.74, 6) is -0.00519. The zero-order valence-corrected chi connectivity index (χ0v) is 14.5. The minimum Gasteiger partial charge on any atom is -0.341 e. The summed E-state index contributed by atoms with van der Waals surface area (Å²) in [4.78, 5) is 23.4. The molecule has 0 aliphatic carbocycles. The number of rotatable bonds is 3. The lowest BCUT2D eigenvalue weighted by Crippen LogP contribution is -2.22. The molecule has 0 bridgehead atoms. The van der Waals surface area contributed by atoms with Crippen LogP contribution in [0.1, 0.15) is 40.2 Å². The molecule has 1 amide bonds. The summed E-state index contributed by atoms with van der Waals surface area (Å²) in [6.45, 7) is 5.29. The average molecular weight is 364 g/mol. The van der Waals surface area contributed by atoms with Gasteiger partial charge in [0.15, 0.2) is 0 Å². The van der Waals surface area contributed by atoms with Gasteiger partial charge in [0, 0.05) is 18.7 Å². The zero-order chi connectivity index (χ0) is 18.9. The first-order valence-electron chi connectivity index (χ1n) is 8.34. The lowest BCUT2D eigenvalue weighted by Gasteiger charge is -2.18. The number of aromatic nitrogens is 2. The fourth-order valence-corrected chi connectivity index (χ4v) is 2.96. The number of amides is 1. The molecule has 0 atom stereocenters. The monoisotopic (exact) mass is 364 g/mol. The second-order valence-corrected chi connectivity index (χ2v) is 6.30. The number of hydrogen-bond acceptors (Lipinski definition) is 4. The summed E-state index contributed by atoms with van der Waals surface area (Å²) in [5, 5.41) is 2.64. The Balaban J connectivity index is 1.83. The highest BCUT2D eigenvalue weighted by Gasteiger charge is 2.31. The molecule has 0 spiro atoms. The third-order valence-corrected chi connectivity index (χ3v) is 4.34. The molecule has 8 heteroatoms. The number of alkyl halides is 3. The van der Waals surface area contributed by atoms with Gasteiger partial charge in [0.1, 0.15) is 0 Å². The maximum absolute atomic E-state index is 12.8. The van der Waals surface area contributed by atoms with Crippen LogP contribution in [0.15, 0.2) is 24.3 Å². The van der Waals surface area contributed by atoms with Crippen LogP contribution in [0.5, 0.6) is 0 Å². The molecule has 5 nitrogen and oxygen atoms in total. The fourth-order valence-electron chi connectivity index (χ4n) is 2.96. The maximum atomic E-state index is 12.8. The third kappa shape index (κ3) is 3.79. The van der Waals surface area contributed by atoms with Crippen molar-refractivity contribution in [2.75, 3.05) is 23.3 Å². The molecule has 0 unspecified atom stereocenters. The Labute approximate surface area is 149 Å². The zero-order valence-electron chi connectivity index (χ0n) is 14.5. The summed E-state index contributed by atoms with van der Waals surface area (Å²) in [5.41, 5.74) is 0.663. The van der Waals surface area contributed by atoms with E-state index in [-0.39, 0.29) is 5.56 Å². The normalized spacial score (nSPS) is 14.6. The first kappa shape index (κ1) is 18.2. The van der Waals surface area contributed by atoms with Crippen molar-refractivity contribution in [1.82, 2.24) is 9.97 Å². The predicted octanol–water partition coefficient (Wildman–Crippen LogP) is 3.96. The number of halogens is 3. The van der Waals surface area contributed by atoms with Gasteiger partial charge >= 0.3 is 6.18 Å². The summed E-state index contributed by atoms with van der Waals surface area (Å²) in [6, 6.07) is 4.32. The van der Waals surface area contributed by atoms with Crippen LogP contribution in [0.3, 0.4) is 0 Å². The first-order valence-corrected chi connectivity index (χ1v) is 8.34. The highest BCUT2D eigenvalue weighted by Crippen LogP contribution is 2.30. The number of aryl methyl sites for hydroxylation is 2. The Morgan fingerprint density at radius 3 is 2.31 bits per heavy atom. The average Bonchev–Trinajstić information content (AvgIpc) is 3.11. The van der Waals surface area contributed by atoms with Gasteiger partial charge in [0.2, 0.25) is 5.95 Å². The highest BCUT2D eigenvalue weighted by molar-refractivity contribution is 6.05. The van der Waals surface area contributed by atoms with E-state index in [4.69, 9.17) is 0 Å². The Morgan fingerprint density at radius 2 is 1.73 bits per heavy atom. The van der Waals surface area contributed by atoms with E-state index in [1.54, 1.807) is 13.8 Å². The van der Waals surface area contributed by atoms with E-state index in [2.05, 4.69) is 20.2 Å². The van der Waals surface area contributed by atoms with Gasteiger partial charge in [0.25, 0.3) is 5.91 Å². The second kappa shape index (κ2) is 6.93. The Kier molecular flexibility index (Phi) is 4.84. The van der Waals surface area contributed by atoms with E-state index in [1.807, 2.05) is 0 Å². The van der Waals surface area contributed by atoms with E-state index in [0.717, 1.165) is 38.1 Å². The molecule has 1 aromatic heterocycles. The molecule has 2 heterocycles. The van der Waals surface area contributed by atoms with Crippen LogP contribution in [-0.4, -0.2) is 29.0 Å². The van der Waals surface area contributed by atoms with Crippen LogP contribution in [-0.2, 0) is 6.18 Å². The summed E-state index contributed by atoms with van der Waals surface area (Å²) in [7, 11) is 0. The Hall–Kier alpha value is -2.64. The molecule has 0 radical (unpaired) electrons. The van der Waals surface area contributed by atoms with Gasteiger partial charge in [-0.15, -0.1) is 0 Å². The summed E-state index contributed by atoms with van der Waals surface area (Å²) < 4.78 is 38.5. The molecular formula is C18H19F3N4O. The first-order chi connectivity index (χ1) is 12.3. The smallest absolute Gasteiger partial charge is 0.341 e. The molecule has 138 valence electrons. The van der Waals surface area contributed by atoms with Crippen LogP contribution < -0.4 is 10.2 Å². The van der Waals surface area contributed by atoms with Crippen molar-refractivity contribution >= 4 is 17.5 Å². The van der Waals surface area contributed by atoms with Crippen molar-refractivity contribution < 1.29 is 18.0 Å². The molecule has 3 rings (SSSR count). The molecule has 0 saturated carbocycles. The lowest BCUT2D eigenvalue weighted by molar-refractivity contribution is -0.137. The maximum Gasteiger partial charge on any atom is 0.416 e. The number of hydrogen-bond donors (Lipinski definition) is 1. The SMILES string of the molecule is Cc1nc(N2CCCC2)nc(C)c1NC(=O)c1cccc(C(F)(F)F)c1. The molecule has 1 aliphatic rings. The third-order valence-electron chi connectivity index (χ3n) is 4.34. The molecule has 1 N–H and O–H groups in total. The fraction of sp³-hybridized carbons (Fsp3) is 0.389. The van der Waals surface area contributed by atoms with Crippen LogP contribution in [0, 0.1) is 13.8 Å². The molecule has 1 fully saturated rings. The molecule has 26 heavy (non-hydrogen) atoms. The van der Waals surface area contributed by atoms with Gasteiger partial charge in [-0.3, -0.25) is 4.79 Å². The largest absolute Gasteiger partial charge is 0.416 e. The van der Waals surface area contributed by atoms with Gasteiger partial charge < -0.3 is 10.2 Å². The van der Waals surface area contributed by atoms with Crippen molar-refractivity contribution in [2.24, 2.45) is 0 Å². The quantitative estimate of drug-likeness (QED) is 0.896. The lowest BCUT2D eigenvalue weighted by atomic mass is 10.1. The topological polar surface area (TPSA) is 58.1 Å².